The maximum atomic E-state index is 12.7. The molecule has 0 aliphatic rings. The molecule has 0 saturated carbocycles. The summed E-state index contributed by atoms with van der Waals surface area (Å²) >= 11 is 0. The molecule has 0 saturated heterocycles. The number of benzene rings is 1. The molecule has 22 heavy (non-hydrogen) atoms. The van der Waals surface area contributed by atoms with Gasteiger partial charge in [0.05, 0.1) is 4.90 Å². The lowest BCUT2D eigenvalue weighted by Crippen LogP contribution is -2.27. The number of hydrogen-bond acceptors (Lipinski definition) is 4. The first-order valence-electron chi connectivity index (χ1n) is 6.84. The zero-order valence-electron chi connectivity index (χ0n) is 13.0. The number of ether oxygens (including phenoxy) is 1. The van der Waals surface area contributed by atoms with E-state index < -0.39 is 21.6 Å². The number of carbonyl (C=O) groups excluding carboxylic acids is 1. The number of aryl methyl sites for hydroxylation is 1. The van der Waals surface area contributed by atoms with Crippen molar-refractivity contribution < 1.29 is 17.9 Å². The quantitative estimate of drug-likeness (QED) is 0.815. The van der Waals surface area contributed by atoms with Gasteiger partial charge in [-0.15, -0.1) is 0 Å². The molecule has 118 valence electrons. The van der Waals surface area contributed by atoms with Gasteiger partial charge in [0.25, 0.3) is 10.0 Å². The lowest BCUT2D eigenvalue weighted by molar-refractivity contribution is 0.00616. The summed E-state index contributed by atoms with van der Waals surface area (Å²) in [6.45, 7) is 7.06. The third-order valence-corrected chi connectivity index (χ3v) is 4.60. The molecule has 1 aromatic carbocycles. The fourth-order valence-corrected chi connectivity index (χ4v) is 3.22. The van der Waals surface area contributed by atoms with E-state index in [4.69, 9.17) is 4.74 Å². The zero-order valence-corrected chi connectivity index (χ0v) is 13.8. The number of nitrogens with zero attached hydrogens (tertiary/aromatic N) is 1. The number of aromatic nitrogens is 1. The molecule has 0 fully saturated rings. The summed E-state index contributed by atoms with van der Waals surface area (Å²) < 4.78 is 31.5. The van der Waals surface area contributed by atoms with Gasteiger partial charge >= 0.3 is 5.97 Å². The largest absolute Gasteiger partial charge is 0.455 e. The maximum Gasteiger partial charge on any atom is 0.356 e. The first kappa shape index (κ1) is 16.3. The van der Waals surface area contributed by atoms with Crippen LogP contribution in [0.15, 0.2) is 47.5 Å². The third kappa shape index (κ3) is 3.39. The first-order chi connectivity index (χ1) is 10.1. The summed E-state index contributed by atoms with van der Waals surface area (Å²) in [5.41, 5.74) is 0.245. The van der Waals surface area contributed by atoms with Crippen LogP contribution in [0.5, 0.6) is 0 Å². The van der Waals surface area contributed by atoms with Crippen molar-refractivity contribution in [3.05, 3.63) is 53.9 Å². The van der Waals surface area contributed by atoms with E-state index in [0.29, 0.717) is 0 Å². The van der Waals surface area contributed by atoms with Crippen LogP contribution < -0.4 is 0 Å². The van der Waals surface area contributed by atoms with E-state index in [9.17, 15) is 13.2 Å². The average Bonchev–Trinajstić information content (AvgIpc) is 2.87. The Hall–Kier alpha value is -2.08. The molecule has 0 atom stereocenters. The molecular formula is C16H19NO4S. The van der Waals surface area contributed by atoms with E-state index in [2.05, 4.69) is 0 Å². The topological polar surface area (TPSA) is 65.4 Å². The average molecular weight is 321 g/mol. The summed E-state index contributed by atoms with van der Waals surface area (Å²) in [6, 6.07) is 9.39. The molecule has 0 aliphatic carbocycles. The highest BCUT2D eigenvalue weighted by molar-refractivity contribution is 7.90. The summed E-state index contributed by atoms with van der Waals surface area (Å²) in [5.74, 6) is -0.673. The highest BCUT2D eigenvalue weighted by Gasteiger charge is 2.26. The predicted molar refractivity (Wildman–Crippen MR) is 83.4 cm³/mol. The Kier molecular flexibility index (Phi) is 4.15. The van der Waals surface area contributed by atoms with E-state index in [1.54, 1.807) is 32.9 Å². The Bertz CT molecular complexity index is 780. The SMILES string of the molecule is Cc1ccc(S(=O)(=O)n2cccc2C(=O)OC(C)(C)C)cc1. The smallest absolute Gasteiger partial charge is 0.356 e. The van der Waals surface area contributed by atoms with Gasteiger partial charge < -0.3 is 4.74 Å². The van der Waals surface area contributed by atoms with Crippen LogP contribution in [0.4, 0.5) is 0 Å². The number of carbonyl (C=O) groups is 1. The van der Waals surface area contributed by atoms with E-state index >= 15 is 0 Å². The lowest BCUT2D eigenvalue weighted by atomic mass is 10.2. The molecule has 0 aliphatic heterocycles. The first-order valence-corrected chi connectivity index (χ1v) is 8.28. The van der Waals surface area contributed by atoms with Gasteiger partial charge in [0.1, 0.15) is 11.3 Å². The van der Waals surface area contributed by atoms with Gasteiger partial charge in [-0.05, 0) is 52.0 Å². The second kappa shape index (κ2) is 5.61. The number of rotatable bonds is 3. The molecule has 0 unspecified atom stereocenters. The molecule has 0 N–H and O–H groups in total. The van der Waals surface area contributed by atoms with Gasteiger partial charge in [0.15, 0.2) is 0 Å². The normalized spacial score (nSPS) is 12.2. The monoisotopic (exact) mass is 321 g/mol. The molecular weight excluding hydrogens is 302 g/mol. The Morgan fingerprint density at radius 1 is 1.09 bits per heavy atom. The van der Waals surface area contributed by atoms with Crippen molar-refractivity contribution in [1.29, 1.82) is 0 Å². The van der Waals surface area contributed by atoms with E-state index in [-0.39, 0.29) is 10.6 Å². The van der Waals surface area contributed by atoms with E-state index in [0.717, 1.165) is 9.54 Å². The minimum atomic E-state index is -3.83. The minimum absolute atomic E-state index is 0.0181. The van der Waals surface area contributed by atoms with Gasteiger partial charge in [-0.1, -0.05) is 17.7 Å². The Labute approximate surface area is 130 Å². The Balaban J connectivity index is 2.44. The second-order valence-electron chi connectivity index (χ2n) is 6.01. The minimum Gasteiger partial charge on any atom is -0.455 e. The molecule has 0 spiro atoms. The van der Waals surface area contributed by atoms with Crippen molar-refractivity contribution in [2.24, 2.45) is 0 Å². The van der Waals surface area contributed by atoms with Gasteiger partial charge in [-0.2, -0.15) is 0 Å². The third-order valence-electron chi connectivity index (χ3n) is 2.90. The summed E-state index contributed by atoms with van der Waals surface area (Å²) in [4.78, 5) is 12.3. The Morgan fingerprint density at radius 2 is 1.68 bits per heavy atom. The predicted octanol–water partition coefficient (Wildman–Crippen LogP) is 2.99. The van der Waals surface area contributed by atoms with Crippen molar-refractivity contribution in [2.45, 2.75) is 38.2 Å². The molecule has 0 bridgehead atoms. The van der Waals surface area contributed by atoms with Crippen LogP contribution in [0.1, 0.15) is 36.8 Å². The summed E-state index contributed by atoms with van der Waals surface area (Å²) in [7, 11) is -3.83. The van der Waals surface area contributed by atoms with Crippen LogP contribution in [-0.2, 0) is 14.8 Å². The molecule has 1 heterocycles. The molecule has 6 heteroatoms. The van der Waals surface area contributed by atoms with Crippen LogP contribution >= 0.6 is 0 Å². The van der Waals surface area contributed by atoms with Gasteiger partial charge in [0, 0.05) is 6.20 Å². The van der Waals surface area contributed by atoms with Crippen molar-refractivity contribution in [2.75, 3.05) is 0 Å². The van der Waals surface area contributed by atoms with Gasteiger partial charge in [-0.25, -0.2) is 17.2 Å². The van der Waals surface area contributed by atoms with Crippen LogP contribution in [0.2, 0.25) is 0 Å². The fraction of sp³-hybridized carbons (Fsp3) is 0.312. The maximum absolute atomic E-state index is 12.7. The van der Waals surface area contributed by atoms with E-state index in [1.165, 1.54) is 30.5 Å². The van der Waals surface area contributed by atoms with Crippen LogP contribution in [0.25, 0.3) is 0 Å². The second-order valence-corrected chi connectivity index (χ2v) is 7.82. The summed E-state index contributed by atoms with van der Waals surface area (Å²) in [5, 5.41) is 0. The van der Waals surface area contributed by atoms with Crippen LogP contribution in [0.3, 0.4) is 0 Å². The van der Waals surface area contributed by atoms with Gasteiger partial charge in [0.2, 0.25) is 0 Å². The molecule has 0 amide bonds. The van der Waals surface area contributed by atoms with Crippen LogP contribution in [-0.4, -0.2) is 24.0 Å². The molecule has 0 radical (unpaired) electrons. The van der Waals surface area contributed by atoms with E-state index in [1.807, 2.05) is 6.92 Å². The van der Waals surface area contributed by atoms with Crippen molar-refractivity contribution in [3.63, 3.8) is 0 Å². The number of esters is 1. The Morgan fingerprint density at radius 3 is 2.23 bits per heavy atom. The number of hydrogen-bond donors (Lipinski definition) is 0. The molecule has 1 aromatic heterocycles. The standard InChI is InChI=1S/C16H19NO4S/c1-12-7-9-13(10-8-12)22(19,20)17-11-5-6-14(17)15(18)21-16(2,3)4/h5-11H,1-4H3. The lowest BCUT2D eigenvalue weighted by Gasteiger charge is -2.20. The fourth-order valence-electron chi connectivity index (χ4n) is 1.89. The van der Waals surface area contributed by atoms with Crippen molar-refractivity contribution >= 4 is 16.0 Å². The highest BCUT2D eigenvalue weighted by Crippen LogP contribution is 2.19. The molecule has 2 aromatic rings. The highest BCUT2D eigenvalue weighted by atomic mass is 32.2. The summed E-state index contributed by atoms with van der Waals surface area (Å²) in [6.07, 6.45) is 1.34. The molecule has 2 rings (SSSR count). The van der Waals surface area contributed by atoms with Crippen LogP contribution in [0, 0.1) is 6.92 Å². The van der Waals surface area contributed by atoms with Crippen molar-refractivity contribution in [1.82, 2.24) is 3.97 Å². The van der Waals surface area contributed by atoms with Crippen molar-refractivity contribution in [3.8, 4) is 0 Å². The zero-order chi connectivity index (χ0) is 16.5. The molecule has 5 nitrogen and oxygen atoms in total. The van der Waals surface area contributed by atoms with Gasteiger partial charge in [-0.3, -0.25) is 0 Å².